The summed E-state index contributed by atoms with van der Waals surface area (Å²) in [6.07, 6.45) is -2.37. The Kier molecular flexibility index (Phi) is 7.78. The lowest BCUT2D eigenvalue weighted by Crippen LogP contribution is -2.38. The highest BCUT2D eigenvalue weighted by Crippen LogP contribution is 2.29. The SMILES string of the molecule is CN=C(NCc1cccc(C(F)(F)F)c1)N(C)Cc1cccn1C.I. The number of halogens is 4. The van der Waals surface area contributed by atoms with Crippen molar-refractivity contribution in [2.45, 2.75) is 19.3 Å². The van der Waals surface area contributed by atoms with E-state index < -0.39 is 11.7 Å². The highest BCUT2D eigenvalue weighted by molar-refractivity contribution is 14.0. The van der Waals surface area contributed by atoms with E-state index in [9.17, 15) is 13.2 Å². The number of alkyl halides is 3. The minimum Gasteiger partial charge on any atom is -0.353 e. The molecule has 0 radical (unpaired) electrons. The molecule has 1 N–H and O–H groups in total. The number of nitrogens with zero attached hydrogens (tertiary/aromatic N) is 3. The Hall–Kier alpha value is -1.71. The number of aryl methyl sites for hydroxylation is 1. The summed E-state index contributed by atoms with van der Waals surface area (Å²) in [5, 5.41) is 3.10. The van der Waals surface area contributed by atoms with E-state index in [2.05, 4.69) is 10.3 Å². The number of benzene rings is 1. The van der Waals surface area contributed by atoms with Gasteiger partial charge in [-0.15, -0.1) is 24.0 Å². The van der Waals surface area contributed by atoms with E-state index in [1.807, 2.05) is 41.9 Å². The fraction of sp³-hybridized carbons (Fsp3) is 0.353. The van der Waals surface area contributed by atoms with Crippen LogP contribution in [0.2, 0.25) is 0 Å². The number of hydrogen-bond acceptors (Lipinski definition) is 1. The van der Waals surface area contributed by atoms with E-state index in [4.69, 9.17) is 0 Å². The molecule has 0 amide bonds. The lowest BCUT2D eigenvalue weighted by molar-refractivity contribution is -0.137. The molecule has 4 nitrogen and oxygen atoms in total. The molecule has 2 aromatic rings. The minimum atomic E-state index is -4.33. The van der Waals surface area contributed by atoms with Crippen LogP contribution in [0.5, 0.6) is 0 Å². The standard InChI is InChI=1S/C17H21F3N4.HI/c1-21-16(24(3)12-15-8-5-9-23(15)2)22-11-13-6-4-7-14(10-13)17(18,19)20;/h4-10H,11-12H2,1-3H3,(H,21,22);1H. The van der Waals surface area contributed by atoms with Crippen LogP contribution in [-0.2, 0) is 26.3 Å². The van der Waals surface area contributed by atoms with E-state index in [1.165, 1.54) is 6.07 Å². The molecule has 1 aromatic carbocycles. The molecule has 2 rings (SSSR count). The van der Waals surface area contributed by atoms with Gasteiger partial charge in [0, 0.05) is 39.6 Å². The summed E-state index contributed by atoms with van der Waals surface area (Å²) in [7, 11) is 5.49. The van der Waals surface area contributed by atoms with Gasteiger partial charge in [-0.1, -0.05) is 12.1 Å². The molecule has 0 aliphatic rings. The molecule has 1 heterocycles. The first-order chi connectivity index (χ1) is 11.3. The highest BCUT2D eigenvalue weighted by Gasteiger charge is 2.30. The number of hydrogen-bond donors (Lipinski definition) is 1. The van der Waals surface area contributed by atoms with Crippen LogP contribution < -0.4 is 5.32 Å². The largest absolute Gasteiger partial charge is 0.416 e. The molecule has 0 saturated carbocycles. The van der Waals surface area contributed by atoms with Crippen molar-refractivity contribution >= 4 is 29.9 Å². The summed E-state index contributed by atoms with van der Waals surface area (Å²) in [6, 6.07) is 9.26. The van der Waals surface area contributed by atoms with Gasteiger partial charge < -0.3 is 14.8 Å². The van der Waals surface area contributed by atoms with Crippen LogP contribution in [0.15, 0.2) is 47.6 Å². The van der Waals surface area contributed by atoms with Gasteiger partial charge in [0.1, 0.15) is 0 Å². The second-order valence-corrected chi connectivity index (χ2v) is 5.57. The van der Waals surface area contributed by atoms with Crippen molar-refractivity contribution in [3.05, 3.63) is 59.4 Å². The molecule has 0 aliphatic heterocycles. The highest BCUT2D eigenvalue weighted by atomic mass is 127. The van der Waals surface area contributed by atoms with Crippen LogP contribution in [0.1, 0.15) is 16.8 Å². The third-order valence-corrected chi connectivity index (χ3v) is 3.73. The molecule has 0 atom stereocenters. The predicted molar refractivity (Wildman–Crippen MR) is 104 cm³/mol. The Balaban J connectivity index is 0.00000312. The number of rotatable bonds is 4. The fourth-order valence-electron chi connectivity index (χ4n) is 2.40. The first-order valence-electron chi connectivity index (χ1n) is 7.49. The number of aliphatic imine (C=N–C) groups is 1. The summed E-state index contributed by atoms with van der Waals surface area (Å²) in [4.78, 5) is 6.10. The summed E-state index contributed by atoms with van der Waals surface area (Å²) in [5.74, 6) is 0.619. The molecule has 0 spiro atoms. The Morgan fingerprint density at radius 1 is 1.24 bits per heavy atom. The average Bonchev–Trinajstić information content (AvgIpc) is 2.92. The van der Waals surface area contributed by atoms with E-state index in [0.29, 0.717) is 18.1 Å². The monoisotopic (exact) mass is 466 g/mol. The molecule has 0 saturated heterocycles. The van der Waals surface area contributed by atoms with Crippen molar-refractivity contribution in [1.82, 2.24) is 14.8 Å². The average molecular weight is 466 g/mol. The lowest BCUT2D eigenvalue weighted by Gasteiger charge is -2.22. The topological polar surface area (TPSA) is 32.6 Å². The molecule has 138 valence electrons. The van der Waals surface area contributed by atoms with Crippen LogP contribution >= 0.6 is 24.0 Å². The van der Waals surface area contributed by atoms with E-state index in [-0.39, 0.29) is 30.5 Å². The number of nitrogens with one attached hydrogen (secondary N) is 1. The summed E-state index contributed by atoms with van der Waals surface area (Å²) < 4.78 is 40.3. The predicted octanol–water partition coefficient (Wildman–Crippen LogP) is 3.87. The van der Waals surface area contributed by atoms with E-state index in [1.54, 1.807) is 13.1 Å². The quantitative estimate of drug-likeness (QED) is 0.422. The van der Waals surface area contributed by atoms with Crippen molar-refractivity contribution < 1.29 is 13.2 Å². The van der Waals surface area contributed by atoms with Crippen LogP contribution in [0.3, 0.4) is 0 Å². The maximum atomic E-state index is 12.8. The van der Waals surface area contributed by atoms with Crippen LogP contribution in [0, 0.1) is 0 Å². The fourth-order valence-corrected chi connectivity index (χ4v) is 2.40. The lowest BCUT2D eigenvalue weighted by atomic mass is 10.1. The maximum Gasteiger partial charge on any atom is 0.416 e. The van der Waals surface area contributed by atoms with Gasteiger partial charge in [0.2, 0.25) is 0 Å². The molecule has 0 fully saturated rings. The Morgan fingerprint density at radius 2 is 1.96 bits per heavy atom. The first kappa shape index (κ1) is 21.3. The van der Waals surface area contributed by atoms with Gasteiger partial charge >= 0.3 is 6.18 Å². The van der Waals surface area contributed by atoms with Crippen molar-refractivity contribution in [3.63, 3.8) is 0 Å². The van der Waals surface area contributed by atoms with Gasteiger partial charge in [-0.25, -0.2) is 0 Å². The summed E-state index contributed by atoms with van der Waals surface area (Å²) in [6.45, 7) is 0.917. The van der Waals surface area contributed by atoms with Crippen LogP contribution in [0.4, 0.5) is 13.2 Å². The van der Waals surface area contributed by atoms with Crippen LogP contribution in [-0.4, -0.2) is 29.5 Å². The van der Waals surface area contributed by atoms with E-state index in [0.717, 1.165) is 17.8 Å². The zero-order valence-electron chi connectivity index (χ0n) is 14.3. The molecule has 25 heavy (non-hydrogen) atoms. The number of aromatic nitrogens is 1. The molecule has 1 aromatic heterocycles. The minimum absolute atomic E-state index is 0. The van der Waals surface area contributed by atoms with Gasteiger partial charge in [0.15, 0.2) is 5.96 Å². The summed E-state index contributed by atoms with van der Waals surface area (Å²) >= 11 is 0. The molecular formula is C17H22F3IN4. The second kappa shape index (κ2) is 9.12. The molecule has 0 unspecified atom stereocenters. The third kappa shape index (κ3) is 5.94. The second-order valence-electron chi connectivity index (χ2n) is 5.57. The molecule has 0 aliphatic carbocycles. The summed E-state index contributed by atoms with van der Waals surface area (Å²) in [5.41, 5.74) is 1.02. The number of guanidine groups is 1. The maximum absolute atomic E-state index is 12.8. The smallest absolute Gasteiger partial charge is 0.353 e. The zero-order chi connectivity index (χ0) is 17.7. The van der Waals surface area contributed by atoms with Gasteiger partial charge in [0.05, 0.1) is 12.1 Å². The van der Waals surface area contributed by atoms with Crippen molar-refractivity contribution in [3.8, 4) is 0 Å². The Bertz CT molecular complexity index is 710. The molecule has 8 heteroatoms. The third-order valence-electron chi connectivity index (χ3n) is 3.73. The van der Waals surface area contributed by atoms with E-state index >= 15 is 0 Å². The molecule has 0 bridgehead atoms. The zero-order valence-corrected chi connectivity index (χ0v) is 16.7. The Labute approximate surface area is 162 Å². The van der Waals surface area contributed by atoms with Gasteiger partial charge in [-0.05, 0) is 29.8 Å². The van der Waals surface area contributed by atoms with Gasteiger partial charge in [0.25, 0.3) is 0 Å². The van der Waals surface area contributed by atoms with Crippen molar-refractivity contribution in [2.75, 3.05) is 14.1 Å². The normalized spacial score (nSPS) is 11.8. The van der Waals surface area contributed by atoms with Crippen LogP contribution in [0.25, 0.3) is 0 Å². The Morgan fingerprint density at radius 3 is 2.52 bits per heavy atom. The van der Waals surface area contributed by atoms with Crippen molar-refractivity contribution in [1.29, 1.82) is 0 Å². The molecular weight excluding hydrogens is 444 g/mol. The van der Waals surface area contributed by atoms with Gasteiger partial charge in [-0.3, -0.25) is 4.99 Å². The van der Waals surface area contributed by atoms with Gasteiger partial charge in [-0.2, -0.15) is 13.2 Å². The van der Waals surface area contributed by atoms with Crippen molar-refractivity contribution in [2.24, 2.45) is 12.0 Å². The first-order valence-corrected chi connectivity index (χ1v) is 7.49.